The maximum absolute atomic E-state index is 12.2. The Hall–Kier alpha value is -2.24. The molecule has 22 heavy (non-hydrogen) atoms. The quantitative estimate of drug-likeness (QED) is 0.844. The van der Waals surface area contributed by atoms with Crippen LogP contribution in [0.25, 0.3) is 0 Å². The molecule has 1 amide bonds. The van der Waals surface area contributed by atoms with Gasteiger partial charge in [0.05, 0.1) is 19.6 Å². The third-order valence-corrected chi connectivity index (χ3v) is 4.27. The first kappa shape index (κ1) is 16.1. The van der Waals surface area contributed by atoms with Crippen molar-refractivity contribution >= 4 is 17.6 Å². The average Bonchev–Trinajstić information content (AvgIpc) is 2.44. The third-order valence-electron chi connectivity index (χ3n) is 4.27. The second-order valence-electron chi connectivity index (χ2n) is 5.69. The molecule has 1 aliphatic carbocycles. The first-order valence-electron chi connectivity index (χ1n) is 7.18. The van der Waals surface area contributed by atoms with Crippen LogP contribution < -0.4 is 14.8 Å². The van der Waals surface area contributed by atoms with E-state index in [1.165, 1.54) is 7.11 Å². The number of anilines is 1. The molecule has 0 saturated heterocycles. The molecule has 0 aromatic heterocycles. The maximum atomic E-state index is 12.2. The molecule has 1 aliphatic rings. The first-order valence-corrected chi connectivity index (χ1v) is 7.18. The summed E-state index contributed by atoms with van der Waals surface area (Å²) in [4.78, 5) is 23.5. The summed E-state index contributed by atoms with van der Waals surface area (Å²) in [5, 5.41) is 12.1. The summed E-state index contributed by atoms with van der Waals surface area (Å²) < 4.78 is 10.4. The number of aliphatic carboxylic acids is 1. The van der Waals surface area contributed by atoms with Crippen LogP contribution in [0.5, 0.6) is 11.5 Å². The number of benzene rings is 1. The van der Waals surface area contributed by atoms with Gasteiger partial charge in [0.2, 0.25) is 5.91 Å². The van der Waals surface area contributed by atoms with E-state index in [9.17, 15) is 14.7 Å². The van der Waals surface area contributed by atoms with Crippen molar-refractivity contribution in [3.63, 3.8) is 0 Å². The monoisotopic (exact) mass is 307 g/mol. The Morgan fingerprint density at radius 1 is 1.23 bits per heavy atom. The normalized spacial score (nSPS) is 15.6. The zero-order valence-corrected chi connectivity index (χ0v) is 13.1. The van der Waals surface area contributed by atoms with Crippen molar-refractivity contribution < 1.29 is 24.2 Å². The van der Waals surface area contributed by atoms with Gasteiger partial charge >= 0.3 is 5.97 Å². The van der Waals surface area contributed by atoms with Gasteiger partial charge in [-0.05, 0) is 31.4 Å². The summed E-state index contributed by atoms with van der Waals surface area (Å²) in [6.45, 7) is 1.84. The standard InChI is InChI=1S/C16H21NO5/c1-10-7-12(21-2)13(22-3)8-11(10)17-14(18)9-16(15(19)20)5-4-6-16/h7-8H,4-6,9H2,1-3H3,(H,17,18)(H,19,20). The molecular weight excluding hydrogens is 286 g/mol. The van der Waals surface area contributed by atoms with Crippen molar-refractivity contribution in [3.05, 3.63) is 17.7 Å². The number of methoxy groups -OCH3 is 2. The molecule has 120 valence electrons. The van der Waals surface area contributed by atoms with Crippen LogP contribution in [0.15, 0.2) is 12.1 Å². The third kappa shape index (κ3) is 3.00. The Bertz CT molecular complexity index is 592. The number of carboxylic acid groups (broad SMARTS) is 1. The van der Waals surface area contributed by atoms with E-state index in [-0.39, 0.29) is 12.3 Å². The highest BCUT2D eigenvalue weighted by Gasteiger charge is 2.45. The molecule has 6 heteroatoms. The van der Waals surface area contributed by atoms with E-state index in [2.05, 4.69) is 5.32 Å². The number of hydrogen-bond acceptors (Lipinski definition) is 4. The van der Waals surface area contributed by atoms with Crippen molar-refractivity contribution in [1.82, 2.24) is 0 Å². The Labute approximate surface area is 129 Å². The lowest BCUT2D eigenvalue weighted by Crippen LogP contribution is -2.41. The van der Waals surface area contributed by atoms with Gasteiger partial charge in [0.1, 0.15) is 0 Å². The number of carboxylic acids is 1. The van der Waals surface area contributed by atoms with Crippen LogP contribution >= 0.6 is 0 Å². The minimum atomic E-state index is -0.894. The highest BCUT2D eigenvalue weighted by molar-refractivity contribution is 5.95. The predicted molar refractivity (Wildman–Crippen MR) is 81.4 cm³/mol. The maximum Gasteiger partial charge on any atom is 0.310 e. The number of ether oxygens (including phenoxy) is 2. The molecule has 1 saturated carbocycles. The summed E-state index contributed by atoms with van der Waals surface area (Å²) in [7, 11) is 3.06. The SMILES string of the molecule is COc1cc(C)c(NC(=O)CC2(C(=O)O)CCC2)cc1OC. The summed E-state index contributed by atoms with van der Waals surface area (Å²) in [6.07, 6.45) is 1.96. The topological polar surface area (TPSA) is 84.9 Å². The van der Waals surface area contributed by atoms with Crippen molar-refractivity contribution in [1.29, 1.82) is 0 Å². The van der Waals surface area contributed by atoms with Gasteiger partial charge in [0, 0.05) is 18.2 Å². The van der Waals surface area contributed by atoms with Crippen LogP contribution in [0.1, 0.15) is 31.2 Å². The van der Waals surface area contributed by atoms with Gasteiger partial charge in [0.15, 0.2) is 11.5 Å². The number of nitrogens with one attached hydrogen (secondary N) is 1. The molecule has 0 unspecified atom stereocenters. The Balaban J connectivity index is 2.13. The molecule has 0 spiro atoms. The van der Waals surface area contributed by atoms with E-state index in [0.29, 0.717) is 30.0 Å². The fourth-order valence-corrected chi connectivity index (χ4v) is 2.69. The second-order valence-corrected chi connectivity index (χ2v) is 5.69. The van der Waals surface area contributed by atoms with Crippen molar-refractivity contribution in [2.24, 2.45) is 5.41 Å². The highest BCUT2D eigenvalue weighted by Crippen LogP contribution is 2.44. The van der Waals surface area contributed by atoms with Gasteiger partial charge in [-0.2, -0.15) is 0 Å². The minimum absolute atomic E-state index is 0.00385. The van der Waals surface area contributed by atoms with Gasteiger partial charge in [0.25, 0.3) is 0 Å². The van der Waals surface area contributed by atoms with E-state index < -0.39 is 11.4 Å². The van der Waals surface area contributed by atoms with E-state index in [4.69, 9.17) is 9.47 Å². The van der Waals surface area contributed by atoms with E-state index >= 15 is 0 Å². The summed E-state index contributed by atoms with van der Waals surface area (Å²) >= 11 is 0. The van der Waals surface area contributed by atoms with Crippen LogP contribution in [0, 0.1) is 12.3 Å². The molecule has 0 aliphatic heterocycles. The van der Waals surface area contributed by atoms with Crippen LogP contribution in [-0.2, 0) is 9.59 Å². The zero-order valence-electron chi connectivity index (χ0n) is 13.1. The minimum Gasteiger partial charge on any atom is -0.493 e. The van der Waals surface area contributed by atoms with Crippen molar-refractivity contribution in [2.75, 3.05) is 19.5 Å². The number of carbonyl (C=O) groups is 2. The number of amides is 1. The van der Waals surface area contributed by atoms with Crippen molar-refractivity contribution in [3.8, 4) is 11.5 Å². The Morgan fingerprint density at radius 3 is 2.27 bits per heavy atom. The fraction of sp³-hybridized carbons (Fsp3) is 0.500. The number of hydrogen-bond donors (Lipinski definition) is 2. The fourth-order valence-electron chi connectivity index (χ4n) is 2.69. The molecule has 0 heterocycles. The summed E-state index contributed by atoms with van der Waals surface area (Å²) in [5.41, 5.74) is 0.528. The molecule has 0 atom stereocenters. The van der Waals surface area contributed by atoms with E-state index in [1.54, 1.807) is 19.2 Å². The van der Waals surface area contributed by atoms with Crippen LogP contribution in [0.2, 0.25) is 0 Å². The largest absolute Gasteiger partial charge is 0.493 e. The molecule has 1 aromatic rings. The average molecular weight is 307 g/mol. The van der Waals surface area contributed by atoms with Gasteiger partial charge in [-0.15, -0.1) is 0 Å². The Kier molecular flexibility index (Phi) is 4.59. The lowest BCUT2D eigenvalue weighted by Gasteiger charge is -2.36. The van der Waals surface area contributed by atoms with Gasteiger partial charge in [-0.1, -0.05) is 6.42 Å². The Morgan fingerprint density at radius 2 is 1.82 bits per heavy atom. The lowest BCUT2D eigenvalue weighted by atomic mass is 9.66. The van der Waals surface area contributed by atoms with Crippen LogP contribution in [0.4, 0.5) is 5.69 Å². The van der Waals surface area contributed by atoms with Crippen LogP contribution in [-0.4, -0.2) is 31.2 Å². The zero-order chi connectivity index (χ0) is 16.3. The number of aryl methyl sites for hydroxylation is 1. The highest BCUT2D eigenvalue weighted by atomic mass is 16.5. The summed E-state index contributed by atoms with van der Waals surface area (Å²) in [6, 6.07) is 3.45. The second kappa shape index (κ2) is 6.25. The van der Waals surface area contributed by atoms with Gasteiger partial charge in [-0.3, -0.25) is 9.59 Å². The molecule has 1 aromatic carbocycles. The van der Waals surface area contributed by atoms with Crippen molar-refractivity contribution in [2.45, 2.75) is 32.6 Å². The van der Waals surface area contributed by atoms with Gasteiger partial charge < -0.3 is 19.9 Å². The van der Waals surface area contributed by atoms with E-state index in [1.807, 2.05) is 6.92 Å². The molecule has 0 radical (unpaired) electrons. The molecule has 6 nitrogen and oxygen atoms in total. The predicted octanol–water partition coefficient (Wildman–Crippen LogP) is 2.60. The van der Waals surface area contributed by atoms with Crippen LogP contribution in [0.3, 0.4) is 0 Å². The number of rotatable bonds is 6. The molecular formula is C16H21NO5. The molecule has 1 fully saturated rings. The number of carbonyl (C=O) groups excluding carboxylic acids is 1. The molecule has 2 N–H and O–H groups in total. The first-order chi connectivity index (χ1) is 10.4. The molecule has 2 rings (SSSR count). The van der Waals surface area contributed by atoms with Gasteiger partial charge in [-0.25, -0.2) is 0 Å². The van der Waals surface area contributed by atoms with E-state index in [0.717, 1.165) is 12.0 Å². The summed E-state index contributed by atoms with van der Waals surface area (Å²) in [5.74, 6) is -0.0886. The smallest absolute Gasteiger partial charge is 0.310 e. The molecule has 0 bridgehead atoms. The lowest BCUT2D eigenvalue weighted by molar-refractivity contribution is -0.157.